The first-order chi connectivity index (χ1) is 15.1. The van der Waals surface area contributed by atoms with Crippen molar-refractivity contribution >= 4 is 6.03 Å². The van der Waals surface area contributed by atoms with Gasteiger partial charge in [0.15, 0.2) is 11.5 Å². The summed E-state index contributed by atoms with van der Waals surface area (Å²) in [5.74, 6) is 1.31. The van der Waals surface area contributed by atoms with Crippen molar-refractivity contribution in [2.75, 3.05) is 32.8 Å². The number of aliphatic hydroxyl groups is 1. The molecule has 0 saturated carbocycles. The molecule has 0 unspecified atom stereocenters. The minimum absolute atomic E-state index is 0.290. The molecule has 0 aromatic heterocycles. The summed E-state index contributed by atoms with van der Waals surface area (Å²) >= 11 is 0. The van der Waals surface area contributed by atoms with E-state index in [0.29, 0.717) is 43.4 Å². The van der Waals surface area contributed by atoms with Gasteiger partial charge in [-0.3, -0.25) is 0 Å². The first kappa shape index (κ1) is 21.5. The van der Waals surface area contributed by atoms with Crippen LogP contribution in [0.25, 0.3) is 0 Å². The molecule has 7 nitrogen and oxygen atoms in total. The number of nitrogens with one attached hydrogen (secondary N) is 2. The molecule has 0 radical (unpaired) electrons. The molecule has 4 rings (SSSR count). The van der Waals surface area contributed by atoms with Crippen LogP contribution in [0.4, 0.5) is 4.79 Å². The monoisotopic (exact) mass is 425 g/mol. The number of carbonyl (C=O) groups excluding carboxylic acids is 1. The van der Waals surface area contributed by atoms with Gasteiger partial charge in [0, 0.05) is 13.1 Å². The zero-order chi connectivity index (χ0) is 21.6. The number of benzene rings is 2. The van der Waals surface area contributed by atoms with Crippen LogP contribution in [0.15, 0.2) is 42.5 Å². The normalized spacial score (nSPS) is 17.7. The van der Waals surface area contributed by atoms with E-state index in [-0.39, 0.29) is 6.03 Å². The third kappa shape index (κ3) is 5.68. The van der Waals surface area contributed by atoms with Crippen molar-refractivity contribution in [3.63, 3.8) is 0 Å². The number of hydrogen-bond acceptors (Lipinski definition) is 5. The molecule has 2 aliphatic heterocycles. The van der Waals surface area contributed by atoms with E-state index in [0.717, 1.165) is 31.5 Å². The summed E-state index contributed by atoms with van der Waals surface area (Å²) in [6.07, 6.45) is 1.43. The number of aliphatic hydroxyl groups excluding tert-OH is 1. The molecule has 31 heavy (non-hydrogen) atoms. The number of ether oxygens (including phenoxy) is 2. The van der Waals surface area contributed by atoms with E-state index in [9.17, 15) is 9.90 Å². The van der Waals surface area contributed by atoms with Crippen molar-refractivity contribution in [2.24, 2.45) is 0 Å². The minimum atomic E-state index is -0.860. The molecular formula is C24H31N3O4. The first-order valence-electron chi connectivity index (χ1n) is 11.0. The Morgan fingerprint density at radius 1 is 1.06 bits per heavy atom. The molecule has 2 heterocycles. The number of rotatable bonds is 7. The SMILES string of the molecule is Cc1ccc(CNC(=O)N[C@H](CN2CCCC2)[C@H](O)c2ccc3c(c2)OCCO3)cc1. The van der Waals surface area contributed by atoms with Crippen LogP contribution in [-0.4, -0.2) is 54.9 Å². The molecule has 166 valence electrons. The standard InChI is InChI=1S/C24H31N3O4/c1-17-4-6-18(7-5-17)15-25-24(29)26-20(16-27-10-2-3-11-27)23(28)19-8-9-21-22(14-19)31-13-12-30-21/h4-9,14,20,23,28H,2-3,10-13,15-16H2,1H3,(H2,25,26,29)/t20-,23-/m1/s1. The van der Waals surface area contributed by atoms with Crippen molar-refractivity contribution in [2.45, 2.75) is 38.5 Å². The molecule has 0 bridgehead atoms. The number of amides is 2. The summed E-state index contributed by atoms with van der Waals surface area (Å²) in [5, 5.41) is 17.0. The van der Waals surface area contributed by atoms with Gasteiger partial charge in [-0.25, -0.2) is 4.79 Å². The second-order valence-corrected chi connectivity index (χ2v) is 8.27. The van der Waals surface area contributed by atoms with Gasteiger partial charge in [-0.2, -0.15) is 0 Å². The van der Waals surface area contributed by atoms with Crippen LogP contribution in [0.1, 0.15) is 35.6 Å². The maximum atomic E-state index is 12.6. The zero-order valence-corrected chi connectivity index (χ0v) is 18.0. The lowest BCUT2D eigenvalue weighted by molar-refractivity contribution is 0.108. The van der Waals surface area contributed by atoms with Crippen molar-refractivity contribution in [3.8, 4) is 11.5 Å². The molecule has 7 heteroatoms. The molecule has 0 spiro atoms. The summed E-state index contributed by atoms with van der Waals surface area (Å²) in [4.78, 5) is 14.9. The van der Waals surface area contributed by atoms with Crippen molar-refractivity contribution in [1.82, 2.24) is 15.5 Å². The predicted octanol–water partition coefficient (Wildman–Crippen LogP) is 2.76. The smallest absolute Gasteiger partial charge is 0.315 e. The van der Waals surface area contributed by atoms with Crippen LogP contribution in [0, 0.1) is 6.92 Å². The molecule has 2 aromatic rings. The summed E-state index contributed by atoms with van der Waals surface area (Å²) in [6, 6.07) is 12.8. The van der Waals surface area contributed by atoms with E-state index >= 15 is 0 Å². The number of urea groups is 1. The fourth-order valence-electron chi connectivity index (χ4n) is 4.05. The van der Waals surface area contributed by atoms with Crippen LogP contribution in [0.2, 0.25) is 0 Å². The average molecular weight is 426 g/mol. The number of carbonyl (C=O) groups is 1. The molecule has 1 fully saturated rings. The quantitative estimate of drug-likeness (QED) is 0.635. The maximum Gasteiger partial charge on any atom is 0.315 e. The second kappa shape index (κ2) is 10.0. The van der Waals surface area contributed by atoms with Gasteiger partial charge >= 0.3 is 6.03 Å². The van der Waals surface area contributed by atoms with E-state index in [1.54, 1.807) is 0 Å². The van der Waals surface area contributed by atoms with E-state index in [2.05, 4.69) is 15.5 Å². The Labute approximate surface area is 183 Å². The van der Waals surface area contributed by atoms with Crippen LogP contribution in [0.3, 0.4) is 0 Å². The maximum absolute atomic E-state index is 12.6. The largest absolute Gasteiger partial charge is 0.486 e. The molecule has 2 atom stereocenters. The number of likely N-dealkylation sites (tertiary alicyclic amines) is 1. The molecule has 1 saturated heterocycles. The van der Waals surface area contributed by atoms with Crippen LogP contribution in [-0.2, 0) is 6.54 Å². The molecule has 2 aromatic carbocycles. The molecule has 3 N–H and O–H groups in total. The number of fused-ring (bicyclic) bond motifs is 1. The highest BCUT2D eigenvalue weighted by atomic mass is 16.6. The highest BCUT2D eigenvalue weighted by molar-refractivity contribution is 5.74. The van der Waals surface area contributed by atoms with Gasteiger partial charge < -0.3 is 30.1 Å². The van der Waals surface area contributed by atoms with E-state index in [1.807, 2.05) is 49.4 Å². The first-order valence-corrected chi connectivity index (χ1v) is 11.0. The van der Waals surface area contributed by atoms with Gasteiger partial charge in [0.2, 0.25) is 0 Å². The summed E-state index contributed by atoms with van der Waals surface area (Å²) in [7, 11) is 0. The third-order valence-corrected chi connectivity index (χ3v) is 5.83. The van der Waals surface area contributed by atoms with E-state index in [1.165, 1.54) is 5.56 Å². The Morgan fingerprint density at radius 2 is 1.77 bits per heavy atom. The second-order valence-electron chi connectivity index (χ2n) is 8.27. The molecule has 0 aliphatic carbocycles. The lowest BCUT2D eigenvalue weighted by Crippen LogP contribution is -2.49. The van der Waals surface area contributed by atoms with Crippen LogP contribution in [0.5, 0.6) is 11.5 Å². The van der Waals surface area contributed by atoms with Gasteiger partial charge in [0.25, 0.3) is 0 Å². The Bertz CT molecular complexity index is 881. The van der Waals surface area contributed by atoms with Gasteiger partial charge in [0.1, 0.15) is 19.3 Å². The topological polar surface area (TPSA) is 83.1 Å². The van der Waals surface area contributed by atoms with Gasteiger partial charge in [-0.15, -0.1) is 0 Å². The van der Waals surface area contributed by atoms with E-state index < -0.39 is 12.1 Å². The van der Waals surface area contributed by atoms with Crippen molar-refractivity contribution < 1.29 is 19.4 Å². The predicted molar refractivity (Wildman–Crippen MR) is 118 cm³/mol. The van der Waals surface area contributed by atoms with Gasteiger partial charge in [-0.1, -0.05) is 35.9 Å². The Kier molecular flexibility index (Phi) is 6.94. The third-order valence-electron chi connectivity index (χ3n) is 5.83. The minimum Gasteiger partial charge on any atom is -0.486 e. The summed E-state index contributed by atoms with van der Waals surface area (Å²) in [6.45, 7) is 6.04. The van der Waals surface area contributed by atoms with Gasteiger partial charge in [0.05, 0.1) is 6.04 Å². The number of nitrogens with zero attached hydrogens (tertiary/aromatic N) is 1. The van der Waals surface area contributed by atoms with Crippen molar-refractivity contribution in [1.29, 1.82) is 0 Å². The highest BCUT2D eigenvalue weighted by Gasteiger charge is 2.27. The Morgan fingerprint density at radius 3 is 2.52 bits per heavy atom. The fourth-order valence-corrected chi connectivity index (χ4v) is 4.05. The lowest BCUT2D eigenvalue weighted by atomic mass is 10.0. The number of hydrogen-bond donors (Lipinski definition) is 3. The lowest BCUT2D eigenvalue weighted by Gasteiger charge is -2.29. The van der Waals surface area contributed by atoms with Crippen LogP contribution >= 0.6 is 0 Å². The van der Waals surface area contributed by atoms with Crippen molar-refractivity contribution in [3.05, 3.63) is 59.2 Å². The van der Waals surface area contributed by atoms with Crippen LogP contribution < -0.4 is 20.1 Å². The summed E-state index contributed by atoms with van der Waals surface area (Å²) in [5.41, 5.74) is 2.91. The zero-order valence-electron chi connectivity index (χ0n) is 18.0. The van der Waals surface area contributed by atoms with Gasteiger partial charge in [-0.05, 0) is 56.1 Å². The Balaban J connectivity index is 1.42. The highest BCUT2D eigenvalue weighted by Crippen LogP contribution is 2.33. The van der Waals surface area contributed by atoms with E-state index in [4.69, 9.17) is 9.47 Å². The average Bonchev–Trinajstić information content (AvgIpc) is 3.30. The molecule has 2 aliphatic rings. The fraction of sp³-hybridized carbons (Fsp3) is 0.458. The molecule has 2 amide bonds. The molecular weight excluding hydrogens is 394 g/mol. The Hall–Kier alpha value is -2.77. The number of aryl methyl sites for hydroxylation is 1. The summed E-state index contributed by atoms with van der Waals surface area (Å²) < 4.78 is 11.2.